The first-order valence-corrected chi connectivity index (χ1v) is 25.3. The SMILES string of the molecule is C#Cc1ccc(CNC(=O)[C@@H]2C[C@@H](O)CN2C(=O)[C@@H](NC(=O)C2CC3(C2)CC(N2CCC(N4CCC(N5CCN(c6cc(-c7ccccc7O)nnc6NC)CC5)CC4)CC2)C3)C(C)(C)C)c(O)c1. The lowest BCUT2D eigenvalue weighted by Gasteiger charge is -2.60. The number of terminal acetylenes is 1. The van der Waals surface area contributed by atoms with Crippen molar-refractivity contribution in [2.45, 2.75) is 121 Å². The summed E-state index contributed by atoms with van der Waals surface area (Å²) in [7, 11) is 1.88. The number of hydrogen-bond donors (Lipinski definition) is 6. The fourth-order valence-electron chi connectivity index (χ4n) is 12.4. The van der Waals surface area contributed by atoms with E-state index in [1.54, 1.807) is 18.2 Å². The molecular weight excluding hydrogens is 873 g/mol. The number of hydrogen-bond acceptors (Lipinski definition) is 13. The van der Waals surface area contributed by atoms with E-state index in [1.165, 1.54) is 36.6 Å². The highest BCUT2D eigenvalue weighted by Crippen LogP contribution is 2.60. The number of rotatable bonds is 12. The standard InChI is InChI=1S/C53H72N10O6/c1-6-34-11-12-35(46(66)25-34)32-55-50(68)44-26-40(64)33-63(44)51(69)47(52(2,3)4)56-49(67)36-28-53(29-36)30-39(31-53)60-19-15-37(16-20-60)59-17-13-38(14-18-59)61-21-23-62(24-22-61)43-27-42(57-58-48(43)54-5)41-9-7-8-10-45(41)65/h1,7-12,25,27,36-40,44,47,64-66H,13-24,26,28-33H2,2-5H3,(H,54,58)(H,55,68)(H,56,67)/t36?,39?,40-,44+,47-,53?/m1/s1. The van der Waals surface area contributed by atoms with Crippen molar-refractivity contribution >= 4 is 29.2 Å². The van der Waals surface area contributed by atoms with E-state index < -0.39 is 29.5 Å². The second-order valence-corrected chi connectivity index (χ2v) is 21.9. The molecule has 6 fully saturated rings. The van der Waals surface area contributed by atoms with Gasteiger partial charge in [-0.2, -0.15) is 0 Å². The number of carbonyl (C=O) groups is 3. The summed E-state index contributed by atoms with van der Waals surface area (Å²) < 4.78 is 0. The number of β-amino-alcohol motifs (C(OH)–C–C–N with tert-alkyl or cyclic N) is 1. The Labute approximate surface area is 407 Å². The molecular formula is C53H72N10O6. The van der Waals surface area contributed by atoms with Gasteiger partial charge in [0.05, 0.1) is 17.5 Å². The molecule has 6 aliphatic rings. The van der Waals surface area contributed by atoms with Crippen LogP contribution < -0.4 is 20.9 Å². The lowest BCUT2D eigenvalue weighted by Crippen LogP contribution is -2.62. The molecule has 3 amide bonds. The van der Waals surface area contributed by atoms with Crippen LogP contribution in [0.2, 0.25) is 0 Å². The van der Waals surface area contributed by atoms with Crippen LogP contribution in [0.4, 0.5) is 11.5 Å². The Morgan fingerprint density at radius 1 is 0.812 bits per heavy atom. The Morgan fingerprint density at radius 2 is 1.45 bits per heavy atom. The summed E-state index contributed by atoms with van der Waals surface area (Å²) in [6.07, 6.45) is 13.4. The third-order valence-electron chi connectivity index (χ3n) is 16.4. The van der Waals surface area contributed by atoms with E-state index in [9.17, 15) is 29.7 Å². The summed E-state index contributed by atoms with van der Waals surface area (Å²) in [4.78, 5) is 53.4. The highest BCUT2D eigenvalue weighted by Gasteiger charge is 2.57. The first-order chi connectivity index (χ1) is 33.1. The third kappa shape index (κ3) is 10.4. The van der Waals surface area contributed by atoms with E-state index in [2.05, 4.69) is 51.7 Å². The zero-order valence-corrected chi connectivity index (χ0v) is 40.9. The molecule has 0 unspecified atom stereocenters. The lowest BCUT2D eigenvalue weighted by molar-refractivity contribution is -0.150. The molecule has 0 radical (unpaired) electrons. The number of benzene rings is 2. The van der Waals surface area contributed by atoms with Gasteiger partial charge in [0.2, 0.25) is 17.7 Å². The number of amides is 3. The Bertz CT molecular complexity index is 2380. The van der Waals surface area contributed by atoms with Gasteiger partial charge in [0.1, 0.15) is 23.6 Å². The summed E-state index contributed by atoms with van der Waals surface area (Å²) >= 11 is 0. The number of aromatic hydroxyl groups is 2. The molecule has 1 spiro atoms. The Hall–Kier alpha value is -5.47. The number of aliphatic hydroxyl groups excluding tert-OH is 1. The normalized spacial score (nSPS) is 26.7. The predicted octanol–water partition coefficient (Wildman–Crippen LogP) is 4.00. The molecule has 6 N–H and O–H groups in total. The summed E-state index contributed by atoms with van der Waals surface area (Å²) in [5.41, 5.74) is 2.95. The quantitative estimate of drug-likeness (QED) is 0.143. The maximum Gasteiger partial charge on any atom is 0.246 e. The van der Waals surface area contributed by atoms with E-state index in [0.29, 0.717) is 40.5 Å². The lowest BCUT2D eigenvalue weighted by atomic mass is 9.49. The summed E-state index contributed by atoms with van der Waals surface area (Å²) in [6, 6.07) is 14.1. The number of aromatic nitrogens is 2. The molecule has 370 valence electrons. The number of para-hydroxylation sites is 1. The van der Waals surface area contributed by atoms with Crippen LogP contribution in [0.1, 0.15) is 89.7 Å². The van der Waals surface area contributed by atoms with Crippen LogP contribution in [-0.4, -0.2) is 165 Å². The van der Waals surface area contributed by atoms with Gasteiger partial charge in [0, 0.05) is 93.5 Å². The van der Waals surface area contributed by atoms with E-state index in [4.69, 9.17) is 6.42 Å². The molecule has 5 heterocycles. The predicted molar refractivity (Wildman–Crippen MR) is 265 cm³/mol. The number of aliphatic hydroxyl groups is 1. The number of nitrogens with zero attached hydrogens (tertiary/aromatic N) is 7. The van der Waals surface area contributed by atoms with E-state index >= 15 is 0 Å². The highest BCUT2D eigenvalue weighted by molar-refractivity contribution is 5.93. The van der Waals surface area contributed by atoms with Crippen LogP contribution in [0.15, 0.2) is 48.5 Å². The van der Waals surface area contributed by atoms with Gasteiger partial charge < -0.3 is 50.9 Å². The molecule has 0 bridgehead atoms. The number of piperazine rings is 1. The average Bonchev–Trinajstić information content (AvgIpc) is 3.73. The molecule has 4 aliphatic heterocycles. The number of phenolic OH excluding ortho intramolecular Hbond substituents is 2. The summed E-state index contributed by atoms with van der Waals surface area (Å²) in [5, 5.41) is 49.4. The van der Waals surface area contributed by atoms with Crippen LogP contribution in [0.5, 0.6) is 11.5 Å². The minimum atomic E-state index is -0.908. The van der Waals surface area contributed by atoms with E-state index in [0.717, 1.165) is 89.5 Å². The molecule has 4 saturated heterocycles. The molecule has 9 rings (SSSR count). The summed E-state index contributed by atoms with van der Waals surface area (Å²) in [6.45, 7) is 14.2. The van der Waals surface area contributed by atoms with Gasteiger partial charge in [0.15, 0.2) is 5.82 Å². The summed E-state index contributed by atoms with van der Waals surface area (Å²) in [5.74, 6) is 2.33. The topological polar surface area (TPSA) is 190 Å². The number of piperidine rings is 2. The van der Waals surface area contributed by atoms with E-state index in [1.807, 2.05) is 52.1 Å². The van der Waals surface area contributed by atoms with Crippen LogP contribution in [0.25, 0.3) is 11.3 Å². The maximum absolute atomic E-state index is 14.2. The number of carbonyl (C=O) groups excluding carboxylic acids is 3. The number of likely N-dealkylation sites (tertiary alicyclic amines) is 3. The number of anilines is 2. The molecule has 2 aromatic carbocycles. The zero-order valence-electron chi connectivity index (χ0n) is 40.9. The number of nitrogens with one attached hydrogen (secondary N) is 3. The maximum atomic E-state index is 14.2. The van der Waals surface area contributed by atoms with Crippen molar-refractivity contribution in [3.05, 3.63) is 59.7 Å². The molecule has 2 aliphatic carbocycles. The smallest absolute Gasteiger partial charge is 0.246 e. The largest absolute Gasteiger partial charge is 0.508 e. The Morgan fingerprint density at radius 3 is 2.06 bits per heavy atom. The van der Waals surface area contributed by atoms with Crippen molar-refractivity contribution < 1.29 is 29.7 Å². The monoisotopic (exact) mass is 945 g/mol. The molecule has 16 heteroatoms. The van der Waals surface area contributed by atoms with Crippen LogP contribution in [-0.2, 0) is 20.9 Å². The second kappa shape index (κ2) is 20.1. The van der Waals surface area contributed by atoms with Crippen molar-refractivity contribution in [2.75, 3.05) is 76.2 Å². The van der Waals surface area contributed by atoms with Gasteiger partial charge in [-0.15, -0.1) is 16.6 Å². The number of phenols is 2. The van der Waals surface area contributed by atoms with Crippen molar-refractivity contribution in [2.24, 2.45) is 16.7 Å². The van der Waals surface area contributed by atoms with E-state index in [-0.39, 0.29) is 54.2 Å². The van der Waals surface area contributed by atoms with Gasteiger partial charge in [-0.25, -0.2) is 0 Å². The van der Waals surface area contributed by atoms with Crippen LogP contribution in [0.3, 0.4) is 0 Å². The third-order valence-corrected chi connectivity index (χ3v) is 16.4. The molecule has 3 aromatic rings. The van der Waals surface area contributed by atoms with Gasteiger partial charge in [-0.1, -0.05) is 44.9 Å². The van der Waals surface area contributed by atoms with Gasteiger partial charge in [0.25, 0.3) is 0 Å². The fraction of sp³-hybridized carbons (Fsp3) is 0.604. The minimum Gasteiger partial charge on any atom is -0.508 e. The molecule has 16 nitrogen and oxygen atoms in total. The highest BCUT2D eigenvalue weighted by atomic mass is 16.3. The van der Waals surface area contributed by atoms with Gasteiger partial charge >= 0.3 is 0 Å². The zero-order chi connectivity index (χ0) is 48.6. The molecule has 69 heavy (non-hydrogen) atoms. The van der Waals surface area contributed by atoms with Crippen molar-refractivity contribution in [1.29, 1.82) is 0 Å². The first-order valence-electron chi connectivity index (χ1n) is 25.3. The Kier molecular flexibility index (Phi) is 14.1. The molecule has 1 aromatic heterocycles. The van der Waals surface area contributed by atoms with Crippen molar-refractivity contribution in [3.8, 4) is 35.1 Å². The van der Waals surface area contributed by atoms with Crippen LogP contribution >= 0.6 is 0 Å². The Balaban J connectivity index is 0.690. The molecule has 2 saturated carbocycles. The molecule has 3 atom stereocenters. The van der Waals surface area contributed by atoms with Gasteiger partial charge in [-0.3, -0.25) is 19.3 Å². The first kappa shape index (κ1) is 48.5. The fourth-order valence-corrected chi connectivity index (χ4v) is 12.4. The minimum absolute atomic E-state index is 0.000592. The average molecular weight is 945 g/mol. The van der Waals surface area contributed by atoms with Crippen molar-refractivity contribution in [3.63, 3.8) is 0 Å². The van der Waals surface area contributed by atoms with Gasteiger partial charge in [-0.05, 0) is 119 Å². The second-order valence-electron chi connectivity index (χ2n) is 21.9. The van der Waals surface area contributed by atoms with Crippen molar-refractivity contribution in [1.82, 2.24) is 40.4 Å². The van der Waals surface area contributed by atoms with Crippen LogP contribution in [0, 0.1) is 29.1 Å².